The fraction of sp³-hybridized carbons (Fsp3) is 0.680. The van der Waals surface area contributed by atoms with Crippen molar-refractivity contribution in [3.05, 3.63) is 71.2 Å². The van der Waals surface area contributed by atoms with Gasteiger partial charge >= 0.3 is 17.9 Å². The maximum atomic E-state index is 13.3. The summed E-state index contributed by atoms with van der Waals surface area (Å²) in [5, 5.41) is 19.5. The first-order chi connectivity index (χ1) is 54.6. The molecule has 4 aliphatic carbocycles. The summed E-state index contributed by atoms with van der Waals surface area (Å²) in [6, 6.07) is 2.11. The highest BCUT2D eigenvalue weighted by atomic mass is 19.1. The molecule has 25 heteroatoms. The molecule has 6 rings (SSSR count). The van der Waals surface area contributed by atoms with Crippen LogP contribution < -0.4 is 21.3 Å². The van der Waals surface area contributed by atoms with Crippen LogP contribution in [-0.2, 0) is 71.7 Å². The summed E-state index contributed by atoms with van der Waals surface area (Å²) >= 11 is 0. The third-order valence-corrected chi connectivity index (χ3v) is 16.4. The maximum absolute atomic E-state index is 13.3. The van der Waals surface area contributed by atoms with E-state index in [9.17, 15) is 70.7 Å². The van der Waals surface area contributed by atoms with Gasteiger partial charge in [-0.25, -0.2) is 22.8 Å². The van der Waals surface area contributed by atoms with Gasteiger partial charge in [-0.2, -0.15) is 5.26 Å². The Morgan fingerprint density at radius 1 is 0.508 bits per heavy atom. The lowest BCUT2D eigenvalue weighted by atomic mass is 9.82. The number of Topliss-reactive ketones (excluding diaryl/α,β-unsaturated/α-hetero) is 3. The van der Waals surface area contributed by atoms with Crippen molar-refractivity contribution < 1.29 is 84.9 Å². The smallest absolute Gasteiger partial charge is 0.384 e. The molecule has 0 aromatic carbocycles. The normalized spacial score (nSPS) is 15.8. The first kappa shape index (κ1) is 121. The van der Waals surface area contributed by atoms with Crippen LogP contribution in [0.25, 0.3) is 0 Å². The lowest BCUT2D eigenvalue weighted by molar-refractivity contribution is -0.156. The molecule has 0 unspecified atom stereocenters. The Morgan fingerprint density at radius 3 is 1.14 bits per heavy atom. The third-order valence-electron chi connectivity index (χ3n) is 16.4. The molecule has 0 saturated heterocycles. The van der Waals surface area contributed by atoms with Crippen LogP contribution in [0.2, 0.25) is 0 Å². The van der Waals surface area contributed by atoms with E-state index in [1.54, 1.807) is 32.9 Å². The van der Waals surface area contributed by atoms with Crippen LogP contribution in [0.1, 0.15) is 326 Å². The van der Waals surface area contributed by atoms with Gasteiger partial charge in [0.05, 0.1) is 25.9 Å². The van der Waals surface area contributed by atoms with Gasteiger partial charge < -0.3 is 45.3 Å². The Kier molecular flexibility index (Phi) is 51.9. The molecule has 0 radical (unpaired) electrons. The Labute approximate surface area is 733 Å². The highest BCUT2D eigenvalue weighted by Gasteiger charge is 2.56. The van der Waals surface area contributed by atoms with Gasteiger partial charge in [-0.05, 0) is 257 Å². The van der Waals surface area contributed by atoms with Gasteiger partial charge in [-0.3, -0.25) is 47.9 Å². The fourth-order valence-electron chi connectivity index (χ4n) is 9.51. The molecule has 22 nitrogen and oxygen atoms in total. The predicted molar refractivity (Wildman–Crippen MR) is 482 cm³/mol. The lowest BCUT2D eigenvalue weighted by Crippen LogP contribution is -2.46. The van der Waals surface area contributed by atoms with E-state index in [1.807, 2.05) is 221 Å². The number of hydrogen-bond acceptors (Lipinski definition) is 16. The van der Waals surface area contributed by atoms with Gasteiger partial charge in [0, 0.05) is 91.9 Å². The van der Waals surface area contributed by atoms with Gasteiger partial charge in [-0.1, -0.05) is 123 Å². The summed E-state index contributed by atoms with van der Waals surface area (Å²) < 4.78 is 53.5. The predicted octanol–water partition coefficient (Wildman–Crippen LogP) is 18.5. The minimum absolute atomic E-state index is 0.00743. The number of carbonyl (C=O) groups excluding carboxylic acids is 12. The molecule has 0 spiro atoms. The summed E-state index contributed by atoms with van der Waals surface area (Å²) in [6.45, 7) is 74.0. The zero-order valence-corrected chi connectivity index (χ0v) is 81.4. The molecule has 2 heterocycles. The number of terminal acetylenes is 3. The number of amides is 6. The third kappa shape index (κ3) is 59.4. The molecular formula is C97H156F3N7O15. The van der Waals surface area contributed by atoms with Crippen molar-refractivity contribution in [1.82, 2.24) is 31.1 Å². The number of hydrogen-bond donors (Lipinski definition) is 4. The minimum atomic E-state index is -0.773. The van der Waals surface area contributed by atoms with Crippen LogP contribution in [0.5, 0.6) is 0 Å². The summed E-state index contributed by atoms with van der Waals surface area (Å²) in [6.07, 6.45) is 31.1. The molecule has 6 amide bonds. The molecule has 122 heavy (non-hydrogen) atoms. The number of nitrogens with one attached hydrogen (secondary N) is 4. The number of esters is 3. The molecule has 6 aliphatic rings. The fourth-order valence-corrected chi connectivity index (χ4v) is 9.51. The molecule has 690 valence electrons. The van der Waals surface area contributed by atoms with Crippen molar-refractivity contribution >= 4 is 70.7 Å². The van der Waals surface area contributed by atoms with Gasteiger partial charge in [0.1, 0.15) is 34.1 Å². The number of ether oxygens (including phenoxy) is 3. The monoisotopic (exact) mass is 1720 g/mol. The number of nitriles is 1. The van der Waals surface area contributed by atoms with Crippen LogP contribution in [0.15, 0.2) is 71.2 Å². The molecule has 0 bridgehead atoms. The highest BCUT2D eigenvalue weighted by molar-refractivity contribution is 6.05. The van der Waals surface area contributed by atoms with E-state index in [1.165, 1.54) is 26.8 Å². The summed E-state index contributed by atoms with van der Waals surface area (Å²) in [5.74, 6) is 2.73. The number of ketones is 3. The summed E-state index contributed by atoms with van der Waals surface area (Å²) in [4.78, 5) is 137. The highest BCUT2D eigenvalue weighted by Crippen LogP contribution is 2.50. The number of halogens is 3. The van der Waals surface area contributed by atoms with Gasteiger partial charge in [-0.15, -0.1) is 19.3 Å². The average Bonchev–Trinajstić information content (AvgIpc) is 1.62. The van der Waals surface area contributed by atoms with E-state index >= 15 is 0 Å². The number of rotatable bonds is 10. The molecule has 0 aromatic heterocycles. The first-order valence-electron chi connectivity index (χ1n) is 41.5. The van der Waals surface area contributed by atoms with Crippen molar-refractivity contribution in [2.45, 2.75) is 360 Å². The Balaban J connectivity index is -0.000000413. The second-order valence-electron chi connectivity index (χ2n) is 42.2. The SMILES string of the molecule is C#CC(=O)C(C)(C)C.C#CC(=O)NC(C)(C)C.C#CC(=O)OCC(C)(C)C.C/C(F)=C(\C)C(=O)NC(C)(C)C.C=CC(=O)OCC(C)(C)C.CC(=O)C1(C(=O)OCC(C)(C)C)CC1.CC(C)(C)C(=O)C1(C#N)CC1.CC(C)(C)N1CC=CC1=O.CC(C)(C)N1CCC=CC1=O.CC(C)(C)NC(=O)C1=C(F)CCC1.CC(C)(C)NC(=O)C1=C(F)CCCC1. The van der Waals surface area contributed by atoms with Gasteiger partial charge in [0.2, 0.25) is 35.3 Å². The number of allylic oxidation sites excluding steroid dienone is 3. The maximum Gasteiger partial charge on any atom is 0.384 e. The zero-order chi connectivity index (χ0) is 97.4. The molecule has 0 atom stereocenters. The van der Waals surface area contributed by atoms with Crippen LogP contribution in [0, 0.1) is 86.3 Å². The van der Waals surface area contributed by atoms with Crippen molar-refractivity contribution in [2.24, 2.45) is 37.9 Å². The van der Waals surface area contributed by atoms with E-state index in [0.29, 0.717) is 69.5 Å². The summed E-state index contributed by atoms with van der Waals surface area (Å²) in [7, 11) is 0. The first-order valence-corrected chi connectivity index (χ1v) is 41.5. The molecule has 2 aliphatic heterocycles. The van der Waals surface area contributed by atoms with Crippen molar-refractivity contribution in [3.63, 3.8) is 0 Å². The summed E-state index contributed by atoms with van der Waals surface area (Å²) in [5.41, 5.74) is -2.42. The second kappa shape index (κ2) is 52.3. The second-order valence-corrected chi connectivity index (χ2v) is 42.2. The zero-order valence-electron chi connectivity index (χ0n) is 81.4. The van der Waals surface area contributed by atoms with Crippen LogP contribution >= 0.6 is 0 Å². The lowest BCUT2D eigenvalue weighted by Gasteiger charge is -2.36. The Bertz CT molecular complexity index is 3860. The number of carbonyl (C=O) groups is 12. The van der Waals surface area contributed by atoms with E-state index in [0.717, 1.165) is 51.6 Å². The Hall–Kier alpha value is -9.36. The van der Waals surface area contributed by atoms with Crippen molar-refractivity contribution in [2.75, 3.05) is 32.9 Å². The van der Waals surface area contributed by atoms with E-state index < -0.39 is 22.6 Å². The van der Waals surface area contributed by atoms with Crippen LogP contribution in [0.4, 0.5) is 13.2 Å². The average molecular weight is 1720 g/mol. The molecule has 4 N–H and O–H groups in total. The van der Waals surface area contributed by atoms with E-state index in [-0.39, 0.29) is 142 Å². The largest absolute Gasteiger partial charge is 0.464 e. The van der Waals surface area contributed by atoms with E-state index in [4.69, 9.17) is 34.0 Å². The number of nitrogens with zero attached hydrogens (tertiary/aromatic N) is 3. The minimum Gasteiger partial charge on any atom is -0.464 e. The molecule has 2 fully saturated rings. The van der Waals surface area contributed by atoms with Crippen molar-refractivity contribution in [1.29, 1.82) is 5.26 Å². The molecule has 2 saturated carbocycles. The molecule has 0 aromatic rings. The van der Waals surface area contributed by atoms with Crippen LogP contribution in [0.3, 0.4) is 0 Å². The van der Waals surface area contributed by atoms with Crippen LogP contribution in [-0.4, -0.2) is 147 Å². The van der Waals surface area contributed by atoms with Gasteiger partial charge in [0.25, 0.3) is 5.91 Å². The van der Waals surface area contributed by atoms with E-state index in [2.05, 4.69) is 65.3 Å². The molecular weight excluding hydrogens is 1560 g/mol. The van der Waals surface area contributed by atoms with Crippen molar-refractivity contribution in [3.8, 4) is 43.1 Å². The topological polar surface area (TPSA) is 311 Å². The van der Waals surface area contributed by atoms with Gasteiger partial charge in [0.15, 0.2) is 5.78 Å². The quantitative estimate of drug-likeness (QED) is 0.0300. The standard InChI is InChI=1S/C11H18FNO.C11H18O3.C10H16FNO.C9H16FNO.C9H13NO.C9H15NO.C8H13NO.C8H14O2.C8H12O2.C7H11NO.C7H10O/c1-11(2,3)13-10(14)8-6-4-5-7-9(8)12;1-8(12)11(5-6-11)9(13)14-7-10(2,3)4;1-10(2,3)12-9(13)7-5-4-6-8(7)11;1-6(7(2)10)8(12)11-9(3,4)5;1-8(2,3)7(11)9(6-10)4-5-9;1-9(2,3)10-7-5-4-6-8(10)11;1-8(2,3)9-6-4-5-7(9)10;2*1-5-7(9)10-6-8(2,3)4;1-5-6(9)8-7(2,3)4;1-5-6(8)7(2,3)4/h4-7H2,1-3H3,(H,13,14);5-7H2,1-4H3;4-6H2,1-3H3,(H,12,13);1-5H3,(H,11,12);4-5H2,1-3H3;4,6H,5,7H2,1-3H3;4-5H,6H2,1-3H3;5H,1,6H2,2-4H3;1H,6H2,2-4H3;1H,2-4H3,(H,8,9);1H,2-4H3/b;;;7-6-;;;;;;;. The Morgan fingerprint density at radius 2 is 0.893 bits per heavy atom.